The SMILES string of the molecule is COc1ccc(NCCc2cccc(C)c2)c([N+](=O)[O-])c1. The fraction of sp³-hybridized carbons (Fsp3) is 0.250. The van der Waals surface area contributed by atoms with E-state index in [1.54, 1.807) is 12.1 Å². The molecule has 0 heterocycles. The minimum atomic E-state index is -0.405. The maximum absolute atomic E-state index is 11.1. The Hall–Kier alpha value is -2.56. The Labute approximate surface area is 123 Å². The largest absolute Gasteiger partial charge is 0.496 e. The molecular formula is C16H18N2O3. The van der Waals surface area contributed by atoms with Crippen molar-refractivity contribution < 1.29 is 9.66 Å². The number of aryl methyl sites for hydroxylation is 1. The zero-order chi connectivity index (χ0) is 15.2. The number of hydrogen-bond donors (Lipinski definition) is 1. The number of benzene rings is 2. The molecule has 0 aliphatic carbocycles. The monoisotopic (exact) mass is 286 g/mol. The second-order valence-corrected chi connectivity index (χ2v) is 4.81. The fourth-order valence-corrected chi connectivity index (χ4v) is 2.15. The van der Waals surface area contributed by atoms with Gasteiger partial charge in [0.1, 0.15) is 11.4 Å². The molecule has 1 N–H and O–H groups in total. The van der Waals surface area contributed by atoms with E-state index in [4.69, 9.17) is 4.74 Å². The smallest absolute Gasteiger partial charge is 0.296 e. The van der Waals surface area contributed by atoms with Crippen LogP contribution in [0.2, 0.25) is 0 Å². The van der Waals surface area contributed by atoms with Crippen LogP contribution in [-0.2, 0) is 6.42 Å². The number of ether oxygens (including phenoxy) is 1. The summed E-state index contributed by atoms with van der Waals surface area (Å²) in [7, 11) is 1.49. The Morgan fingerprint density at radius 1 is 1.24 bits per heavy atom. The maximum atomic E-state index is 11.1. The number of methoxy groups -OCH3 is 1. The summed E-state index contributed by atoms with van der Waals surface area (Å²) in [5.74, 6) is 0.478. The summed E-state index contributed by atoms with van der Waals surface area (Å²) in [5.41, 5.74) is 2.95. The number of nitrogens with one attached hydrogen (secondary N) is 1. The van der Waals surface area contributed by atoms with Gasteiger partial charge in [0, 0.05) is 6.54 Å². The quantitative estimate of drug-likeness (QED) is 0.651. The lowest BCUT2D eigenvalue weighted by Crippen LogP contribution is -2.07. The Morgan fingerprint density at radius 2 is 2.05 bits per heavy atom. The van der Waals surface area contributed by atoms with Crippen molar-refractivity contribution in [2.45, 2.75) is 13.3 Å². The number of rotatable bonds is 6. The average molecular weight is 286 g/mol. The van der Waals surface area contributed by atoms with Crippen molar-refractivity contribution in [2.24, 2.45) is 0 Å². The van der Waals surface area contributed by atoms with Gasteiger partial charge in [0.25, 0.3) is 5.69 Å². The van der Waals surface area contributed by atoms with Crippen molar-refractivity contribution in [2.75, 3.05) is 19.0 Å². The number of nitrogens with zero attached hydrogens (tertiary/aromatic N) is 1. The molecular weight excluding hydrogens is 268 g/mol. The van der Waals surface area contributed by atoms with Gasteiger partial charge in [0.15, 0.2) is 0 Å². The second-order valence-electron chi connectivity index (χ2n) is 4.81. The second kappa shape index (κ2) is 6.74. The number of anilines is 1. The molecule has 110 valence electrons. The van der Waals surface area contributed by atoms with E-state index in [0.717, 1.165) is 6.42 Å². The predicted molar refractivity (Wildman–Crippen MR) is 83.0 cm³/mol. The molecule has 0 aliphatic rings. The van der Waals surface area contributed by atoms with Crippen LogP contribution in [0.4, 0.5) is 11.4 Å². The van der Waals surface area contributed by atoms with Crippen LogP contribution in [-0.4, -0.2) is 18.6 Å². The minimum Gasteiger partial charge on any atom is -0.496 e. The molecule has 5 heteroatoms. The molecule has 0 aliphatic heterocycles. The van der Waals surface area contributed by atoms with Crippen molar-refractivity contribution in [3.63, 3.8) is 0 Å². The van der Waals surface area contributed by atoms with Gasteiger partial charge in [-0.25, -0.2) is 0 Å². The highest BCUT2D eigenvalue weighted by atomic mass is 16.6. The molecule has 0 bridgehead atoms. The summed E-state index contributed by atoms with van der Waals surface area (Å²) in [5, 5.41) is 14.2. The summed E-state index contributed by atoms with van der Waals surface area (Å²) in [6, 6.07) is 13.0. The summed E-state index contributed by atoms with van der Waals surface area (Å²) < 4.78 is 5.01. The molecule has 0 unspecified atom stereocenters. The van der Waals surface area contributed by atoms with Crippen LogP contribution in [0.1, 0.15) is 11.1 Å². The first-order chi connectivity index (χ1) is 10.1. The Kier molecular flexibility index (Phi) is 4.77. The first kappa shape index (κ1) is 14.8. The van der Waals surface area contributed by atoms with Gasteiger partial charge in [0.05, 0.1) is 18.1 Å². The third-order valence-corrected chi connectivity index (χ3v) is 3.21. The number of nitro benzene ring substituents is 1. The van der Waals surface area contributed by atoms with E-state index in [9.17, 15) is 10.1 Å². The Bertz CT molecular complexity index is 641. The summed E-state index contributed by atoms with van der Waals surface area (Å²) in [4.78, 5) is 10.7. The van der Waals surface area contributed by atoms with Gasteiger partial charge >= 0.3 is 0 Å². The molecule has 0 radical (unpaired) electrons. The molecule has 0 aromatic heterocycles. The van der Waals surface area contributed by atoms with E-state index < -0.39 is 4.92 Å². The Balaban J connectivity index is 2.04. The minimum absolute atomic E-state index is 0.0265. The molecule has 2 aromatic carbocycles. The highest BCUT2D eigenvalue weighted by Gasteiger charge is 2.14. The van der Waals surface area contributed by atoms with Crippen molar-refractivity contribution in [1.82, 2.24) is 0 Å². The Morgan fingerprint density at radius 3 is 2.71 bits per heavy atom. The molecule has 0 fully saturated rings. The zero-order valence-corrected chi connectivity index (χ0v) is 12.1. The lowest BCUT2D eigenvalue weighted by molar-refractivity contribution is -0.384. The standard InChI is InChI=1S/C16H18N2O3/c1-12-4-3-5-13(10-12)8-9-17-15-7-6-14(21-2)11-16(15)18(19)20/h3-7,10-11,17H,8-9H2,1-2H3. The molecule has 21 heavy (non-hydrogen) atoms. The van der Waals surface area contributed by atoms with Crippen LogP contribution < -0.4 is 10.1 Å². The summed E-state index contributed by atoms with van der Waals surface area (Å²) in [6.07, 6.45) is 0.810. The predicted octanol–water partition coefficient (Wildman–Crippen LogP) is 3.57. The van der Waals surface area contributed by atoms with E-state index in [1.807, 2.05) is 19.1 Å². The molecule has 0 amide bonds. The van der Waals surface area contributed by atoms with Gasteiger partial charge in [0.2, 0.25) is 0 Å². The van der Waals surface area contributed by atoms with Crippen molar-refractivity contribution in [3.8, 4) is 5.75 Å². The summed E-state index contributed by atoms with van der Waals surface area (Å²) >= 11 is 0. The first-order valence-corrected chi connectivity index (χ1v) is 6.72. The van der Waals surface area contributed by atoms with Crippen molar-refractivity contribution in [1.29, 1.82) is 0 Å². The van der Waals surface area contributed by atoms with Gasteiger partial charge in [-0.3, -0.25) is 10.1 Å². The summed E-state index contributed by atoms with van der Waals surface area (Å²) in [6.45, 7) is 2.68. The van der Waals surface area contributed by atoms with Crippen LogP contribution in [0.5, 0.6) is 5.75 Å². The van der Waals surface area contributed by atoms with Crippen LogP contribution in [0.3, 0.4) is 0 Å². The third kappa shape index (κ3) is 3.95. The van der Waals surface area contributed by atoms with Gasteiger partial charge < -0.3 is 10.1 Å². The van der Waals surface area contributed by atoms with E-state index in [1.165, 1.54) is 24.3 Å². The topological polar surface area (TPSA) is 64.4 Å². The number of hydrogen-bond acceptors (Lipinski definition) is 4. The molecule has 2 rings (SSSR count). The molecule has 0 atom stereocenters. The van der Waals surface area contributed by atoms with Gasteiger partial charge in [-0.1, -0.05) is 29.8 Å². The molecule has 0 spiro atoms. The number of nitro groups is 1. The zero-order valence-electron chi connectivity index (χ0n) is 12.1. The molecule has 2 aromatic rings. The van der Waals surface area contributed by atoms with E-state index in [2.05, 4.69) is 17.4 Å². The van der Waals surface area contributed by atoms with Crippen LogP contribution in [0, 0.1) is 17.0 Å². The van der Waals surface area contributed by atoms with Crippen LogP contribution in [0.25, 0.3) is 0 Å². The average Bonchev–Trinajstić information content (AvgIpc) is 2.47. The normalized spacial score (nSPS) is 10.2. The fourth-order valence-electron chi connectivity index (χ4n) is 2.15. The van der Waals surface area contributed by atoms with Crippen molar-refractivity contribution in [3.05, 3.63) is 63.7 Å². The van der Waals surface area contributed by atoms with Gasteiger partial charge in [-0.05, 0) is 31.0 Å². The van der Waals surface area contributed by atoms with Crippen LogP contribution in [0.15, 0.2) is 42.5 Å². The highest BCUT2D eigenvalue weighted by Crippen LogP contribution is 2.28. The maximum Gasteiger partial charge on any atom is 0.296 e. The highest BCUT2D eigenvalue weighted by molar-refractivity contribution is 5.63. The molecule has 5 nitrogen and oxygen atoms in total. The molecule has 0 saturated heterocycles. The molecule has 0 saturated carbocycles. The lowest BCUT2D eigenvalue weighted by Gasteiger charge is -2.09. The van der Waals surface area contributed by atoms with E-state index >= 15 is 0 Å². The van der Waals surface area contributed by atoms with Gasteiger partial charge in [-0.2, -0.15) is 0 Å². The van der Waals surface area contributed by atoms with E-state index in [-0.39, 0.29) is 5.69 Å². The van der Waals surface area contributed by atoms with Crippen LogP contribution >= 0.6 is 0 Å². The van der Waals surface area contributed by atoms with E-state index in [0.29, 0.717) is 18.0 Å². The third-order valence-electron chi connectivity index (χ3n) is 3.21. The van der Waals surface area contributed by atoms with Gasteiger partial charge in [-0.15, -0.1) is 0 Å². The first-order valence-electron chi connectivity index (χ1n) is 6.72. The lowest BCUT2D eigenvalue weighted by atomic mass is 10.1. The van der Waals surface area contributed by atoms with Crippen molar-refractivity contribution >= 4 is 11.4 Å².